The van der Waals surface area contributed by atoms with Crippen LogP contribution in [0.25, 0.3) is 21.9 Å². The number of aromatic hydroxyl groups is 4. The van der Waals surface area contributed by atoms with Crippen LogP contribution in [0.15, 0.2) is 82.0 Å². The number of fused-ring (bicyclic) bond motifs is 8. The second-order valence-corrected chi connectivity index (χ2v) is 27.4. The van der Waals surface area contributed by atoms with Crippen LogP contribution in [0, 0.1) is 0 Å². The molecular weight excluding hydrogens is 889 g/mol. The molecule has 0 atom stereocenters. The van der Waals surface area contributed by atoms with E-state index < -0.39 is 0 Å². The van der Waals surface area contributed by atoms with Crippen molar-refractivity contribution < 1.29 is 24.8 Å². The van der Waals surface area contributed by atoms with Gasteiger partial charge in [0.1, 0.15) is 34.2 Å². The molecule has 0 aliphatic carbocycles. The number of phenols is 4. The van der Waals surface area contributed by atoms with E-state index in [1.165, 1.54) is 0 Å². The maximum atomic E-state index is 15.4. The summed E-state index contributed by atoms with van der Waals surface area (Å²) >= 11 is 0. The molecule has 1 aliphatic heterocycles. The van der Waals surface area contributed by atoms with Crippen LogP contribution in [0.5, 0.6) is 23.0 Å². The summed E-state index contributed by atoms with van der Waals surface area (Å²) in [5.74, 6) is 0.505. The Kier molecular flexibility index (Phi) is 12.8. The van der Waals surface area contributed by atoms with Crippen LogP contribution in [0.4, 0.5) is 0 Å². The summed E-state index contributed by atoms with van der Waals surface area (Å²) in [4.78, 5) is 15.4. The molecule has 0 fully saturated rings. The van der Waals surface area contributed by atoms with Gasteiger partial charge >= 0.3 is 0 Å². The van der Waals surface area contributed by atoms with Crippen molar-refractivity contribution in [2.24, 2.45) is 0 Å². The number of hydrogen-bond acceptors (Lipinski definition) is 6. The van der Waals surface area contributed by atoms with Gasteiger partial charge in [-0.15, -0.1) is 0 Å². The second kappa shape index (κ2) is 17.6. The molecule has 0 spiro atoms. The summed E-state index contributed by atoms with van der Waals surface area (Å²) < 4.78 is 7.21. The van der Waals surface area contributed by atoms with Crippen LogP contribution in [-0.4, -0.2) is 20.4 Å². The van der Waals surface area contributed by atoms with Gasteiger partial charge < -0.3 is 24.8 Å². The highest BCUT2D eigenvalue weighted by atomic mass is 16.3. The Morgan fingerprint density at radius 2 is 0.458 bits per heavy atom. The average Bonchev–Trinajstić information content (AvgIpc) is 3.23. The standard InChI is InChI=1S/C66H80O6/c1-61(2,3)46-24-36-19-37-25-47(62(4,5)6)27-39(55(37)68)21-41-29-49(64(10,11)12)31-43(57(41)70)23-45-33-51(66(16,17)18)35-53-58(71)52-34-50(65(13,14)15)32-44(59(52)72-60(45)53)22-42-30-48(63(7,8)9)28-40(56(42)69)20-38(26-46)54(36)67/h24-35,67-70H,19-23H2,1-18H3. The molecule has 380 valence electrons. The molecule has 0 unspecified atom stereocenters. The average molecular weight is 969 g/mol. The van der Waals surface area contributed by atoms with E-state index in [4.69, 9.17) is 4.42 Å². The van der Waals surface area contributed by atoms with Gasteiger partial charge in [0.2, 0.25) is 5.43 Å². The zero-order valence-corrected chi connectivity index (χ0v) is 46.6. The van der Waals surface area contributed by atoms with Crippen LogP contribution in [0.2, 0.25) is 0 Å². The minimum atomic E-state index is -0.322. The first-order chi connectivity index (χ1) is 33.0. The predicted molar refractivity (Wildman–Crippen MR) is 299 cm³/mol. The lowest BCUT2D eigenvalue weighted by Crippen LogP contribution is -2.16. The molecule has 1 aliphatic rings. The van der Waals surface area contributed by atoms with E-state index >= 15 is 4.79 Å². The van der Waals surface area contributed by atoms with E-state index in [9.17, 15) is 20.4 Å². The van der Waals surface area contributed by atoms with Crippen LogP contribution in [0.1, 0.15) is 214 Å². The van der Waals surface area contributed by atoms with Crippen LogP contribution < -0.4 is 5.43 Å². The lowest BCUT2D eigenvalue weighted by Gasteiger charge is -2.26. The fraction of sp³-hybridized carbons (Fsp3) is 0.439. The van der Waals surface area contributed by atoms with Gasteiger partial charge in [-0.25, -0.2) is 0 Å². The maximum Gasteiger partial charge on any atom is 0.200 e. The largest absolute Gasteiger partial charge is 0.507 e. The second-order valence-electron chi connectivity index (χ2n) is 27.4. The van der Waals surface area contributed by atoms with Crippen molar-refractivity contribution in [3.05, 3.63) is 172 Å². The van der Waals surface area contributed by atoms with E-state index in [1.807, 2.05) is 12.1 Å². The summed E-state index contributed by atoms with van der Waals surface area (Å²) in [6.07, 6.45) is 1.30. The molecule has 6 heteroatoms. The normalized spacial score (nSPS) is 14.2. The Morgan fingerprint density at radius 3 is 0.653 bits per heavy atom. The maximum absolute atomic E-state index is 15.4. The third kappa shape index (κ3) is 10.2. The molecule has 2 heterocycles. The van der Waals surface area contributed by atoms with Gasteiger partial charge in [0.15, 0.2) is 0 Å². The molecular formula is C66H80O6. The molecule has 10 bridgehead atoms. The van der Waals surface area contributed by atoms with Gasteiger partial charge in [0.05, 0.1) is 10.8 Å². The molecule has 6 aromatic carbocycles. The molecule has 72 heavy (non-hydrogen) atoms. The molecule has 7 aromatic rings. The zero-order valence-electron chi connectivity index (χ0n) is 46.6. The third-order valence-corrected chi connectivity index (χ3v) is 15.2. The van der Waals surface area contributed by atoms with Crippen molar-refractivity contribution in [3.63, 3.8) is 0 Å². The molecule has 0 saturated heterocycles. The highest BCUT2D eigenvalue weighted by molar-refractivity contribution is 5.94. The van der Waals surface area contributed by atoms with E-state index in [1.54, 1.807) is 0 Å². The highest BCUT2D eigenvalue weighted by Gasteiger charge is 2.29. The summed E-state index contributed by atoms with van der Waals surface area (Å²) in [5, 5.41) is 51.2. The predicted octanol–water partition coefficient (Wildman–Crippen LogP) is 15.8. The minimum absolute atomic E-state index is 0.123. The molecule has 1 aromatic heterocycles. The Labute approximate surface area is 429 Å². The smallest absolute Gasteiger partial charge is 0.200 e. The van der Waals surface area contributed by atoms with Crippen molar-refractivity contribution in [2.45, 2.75) is 189 Å². The monoisotopic (exact) mass is 969 g/mol. The Bertz CT molecular complexity index is 3150. The third-order valence-electron chi connectivity index (χ3n) is 15.2. The summed E-state index contributed by atoms with van der Waals surface area (Å²) in [7, 11) is 0. The Hall–Kier alpha value is -6.01. The SMILES string of the molecule is CC(C)(C)c1cc2c(O)c(c1)Cc1cc(C(C)(C)C)cc(c1O)Cc1cc(C(C)(C)C)cc3c(=O)c4cc(C(C)(C)C)cc(c4oc13)Cc1cc(C(C)(C)C)cc(c1O)Cc1cc(C(C)(C)C)cc(c1O)C2. The topological polar surface area (TPSA) is 111 Å². The molecule has 0 amide bonds. The van der Waals surface area contributed by atoms with Crippen molar-refractivity contribution >= 4 is 21.9 Å². The van der Waals surface area contributed by atoms with Gasteiger partial charge in [-0.1, -0.05) is 185 Å². The van der Waals surface area contributed by atoms with Gasteiger partial charge in [-0.3, -0.25) is 4.79 Å². The number of phenolic OH excluding ortho intramolecular Hbond substituents is 4. The lowest BCUT2D eigenvalue weighted by molar-refractivity contribution is 0.451. The van der Waals surface area contributed by atoms with Crippen molar-refractivity contribution in [1.29, 1.82) is 0 Å². The minimum Gasteiger partial charge on any atom is -0.507 e. The van der Waals surface area contributed by atoms with Gasteiger partial charge in [0.25, 0.3) is 0 Å². The van der Waals surface area contributed by atoms with Crippen molar-refractivity contribution in [1.82, 2.24) is 0 Å². The quantitative estimate of drug-likeness (QED) is 0.113. The fourth-order valence-electron chi connectivity index (χ4n) is 10.2. The van der Waals surface area contributed by atoms with Gasteiger partial charge in [-0.2, -0.15) is 0 Å². The number of benzene rings is 6. The number of rotatable bonds is 0. The van der Waals surface area contributed by atoms with Crippen LogP contribution >= 0.6 is 0 Å². The summed E-state index contributed by atoms with van der Waals surface area (Å²) in [6.45, 7) is 38.8. The van der Waals surface area contributed by atoms with Crippen LogP contribution in [0.3, 0.4) is 0 Å². The first kappa shape index (κ1) is 52.3. The molecule has 8 rings (SSSR count). The summed E-state index contributed by atoms with van der Waals surface area (Å²) in [5.41, 5.74) is 12.1. The van der Waals surface area contributed by atoms with E-state index in [2.05, 4.69) is 185 Å². The van der Waals surface area contributed by atoms with E-state index in [0.29, 0.717) is 66.4 Å². The van der Waals surface area contributed by atoms with Crippen molar-refractivity contribution in [3.8, 4) is 23.0 Å². The lowest BCUT2D eigenvalue weighted by atomic mass is 9.79. The van der Waals surface area contributed by atoms with Gasteiger partial charge in [-0.05, 0) is 123 Å². The highest BCUT2D eigenvalue weighted by Crippen LogP contribution is 2.44. The fourth-order valence-corrected chi connectivity index (χ4v) is 10.2. The molecule has 4 N–H and O–H groups in total. The molecule has 6 nitrogen and oxygen atoms in total. The van der Waals surface area contributed by atoms with E-state index in [0.717, 1.165) is 44.5 Å². The van der Waals surface area contributed by atoms with Gasteiger partial charge in [0, 0.05) is 43.2 Å². The van der Waals surface area contributed by atoms with E-state index in [-0.39, 0.29) is 93.0 Å². The van der Waals surface area contributed by atoms with Crippen LogP contribution in [-0.2, 0) is 64.6 Å². The van der Waals surface area contributed by atoms with Crippen molar-refractivity contribution in [2.75, 3.05) is 0 Å². The first-order valence-electron chi connectivity index (χ1n) is 26.0. The number of hydrogen-bond donors (Lipinski definition) is 4. The zero-order chi connectivity index (χ0) is 53.2. The Balaban J connectivity index is 1.53. The molecule has 0 saturated carbocycles. The first-order valence-corrected chi connectivity index (χ1v) is 26.0. The Morgan fingerprint density at radius 1 is 0.292 bits per heavy atom. The molecule has 0 radical (unpaired) electrons. The summed E-state index contributed by atoms with van der Waals surface area (Å²) in [6, 6.07) is 24.8.